The topological polar surface area (TPSA) is 118 Å². The van der Waals surface area contributed by atoms with E-state index in [1.54, 1.807) is 31.2 Å². The molecule has 2 aliphatic rings. The third-order valence-corrected chi connectivity index (χ3v) is 7.58. The first-order valence-corrected chi connectivity index (χ1v) is 13.0. The maximum Gasteiger partial charge on any atom is 0.306 e. The lowest BCUT2D eigenvalue weighted by Crippen LogP contribution is -2.53. The Morgan fingerprint density at radius 3 is 2.40 bits per heavy atom. The monoisotopic (exact) mass is 570 g/mol. The number of Topliss-reactive ketones (excluding diaryl/α,β-unsaturated/α-hetero) is 2. The molecule has 1 aliphatic carbocycles. The Kier molecular flexibility index (Phi) is 8.16. The molecule has 0 unspecified atom stereocenters. The van der Waals surface area contributed by atoms with Gasteiger partial charge >= 0.3 is 5.97 Å². The van der Waals surface area contributed by atoms with Gasteiger partial charge in [0.05, 0.1) is 27.8 Å². The van der Waals surface area contributed by atoms with Crippen LogP contribution in [0.25, 0.3) is 0 Å². The summed E-state index contributed by atoms with van der Waals surface area (Å²) in [4.78, 5) is 40.1. The fourth-order valence-electron chi connectivity index (χ4n) is 5.18. The molecule has 1 aliphatic heterocycles. The summed E-state index contributed by atoms with van der Waals surface area (Å²) in [6.45, 7) is 7.61. The molecule has 2 aromatic carbocycles. The molecule has 0 bridgehead atoms. The molecule has 0 saturated heterocycles. The van der Waals surface area contributed by atoms with Gasteiger partial charge in [0.25, 0.3) is 0 Å². The van der Waals surface area contributed by atoms with Gasteiger partial charge in [0.15, 0.2) is 17.3 Å². The number of esters is 1. The molecule has 4 rings (SSSR count). The van der Waals surface area contributed by atoms with Crippen LogP contribution in [-0.4, -0.2) is 56.2 Å². The zero-order valence-corrected chi connectivity index (χ0v) is 23.7. The van der Waals surface area contributed by atoms with Gasteiger partial charge in [-0.05, 0) is 30.2 Å². The largest absolute Gasteiger partial charge is 0.507 e. The van der Waals surface area contributed by atoms with E-state index in [0.717, 1.165) is 5.57 Å². The summed E-state index contributed by atoms with van der Waals surface area (Å²) in [5.41, 5.74) is -0.668. The molecule has 212 valence electrons. The minimum Gasteiger partial charge on any atom is -0.507 e. The second-order valence-corrected chi connectivity index (χ2v) is 10.3. The average Bonchev–Trinajstić information content (AvgIpc) is 3.25. The van der Waals surface area contributed by atoms with Gasteiger partial charge in [-0.3, -0.25) is 14.4 Å². The summed E-state index contributed by atoms with van der Waals surface area (Å²) in [6.07, 6.45) is -0.398. The van der Waals surface area contributed by atoms with E-state index in [1.165, 1.54) is 27.4 Å². The lowest BCUT2D eigenvalue weighted by molar-refractivity contribution is -0.140. The fourth-order valence-corrected chi connectivity index (χ4v) is 5.44. The second kappa shape index (κ2) is 11.3. The van der Waals surface area contributed by atoms with E-state index < -0.39 is 40.7 Å². The van der Waals surface area contributed by atoms with E-state index >= 15 is 0 Å². The Hall–Kier alpha value is -3.98. The molecular weight excluding hydrogens is 540 g/mol. The molecule has 1 heterocycles. The average molecular weight is 571 g/mol. The molecule has 0 aromatic heterocycles. The maximum atomic E-state index is 14.1. The number of carbonyl (C=O) groups excluding carboxylic acids is 3. The SMILES string of the molecule is C=C(C)COc1ccc([C@@H](CC(=O)OC)C2=C(O)[C@@]3(Oc4c(Cl)c(OC)cc(OC)c4C3=O)[C@H](C)CC2=O)cc1. The van der Waals surface area contributed by atoms with Gasteiger partial charge in [-0.25, -0.2) is 0 Å². The van der Waals surface area contributed by atoms with E-state index in [1.807, 2.05) is 6.92 Å². The quantitative estimate of drug-likeness (QED) is 0.312. The van der Waals surface area contributed by atoms with Crippen LogP contribution in [0.5, 0.6) is 23.0 Å². The number of methoxy groups -OCH3 is 3. The van der Waals surface area contributed by atoms with Crippen molar-refractivity contribution in [1.29, 1.82) is 0 Å². The smallest absolute Gasteiger partial charge is 0.306 e. The third-order valence-electron chi connectivity index (χ3n) is 7.23. The predicted molar refractivity (Wildman–Crippen MR) is 147 cm³/mol. The van der Waals surface area contributed by atoms with Crippen molar-refractivity contribution in [3.05, 3.63) is 70.0 Å². The lowest BCUT2D eigenvalue weighted by atomic mass is 9.69. The Bertz CT molecular complexity index is 1410. The number of rotatable bonds is 9. The Labute approximate surface area is 237 Å². The van der Waals surface area contributed by atoms with Crippen LogP contribution in [0.15, 0.2) is 53.8 Å². The van der Waals surface area contributed by atoms with Crippen LogP contribution in [0.4, 0.5) is 0 Å². The van der Waals surface area contributed by atoms with Gasteiger partial charge in [0, 0.05) is 29.9 Å². The number of fused-ring (bicyclic) bond motifs is 1. The lowest BCUT2D eigenvalue weighted by Gasteiger charge is -2.38. The van der Waals surface area contributed by atoms with Gasteiger partial charge in [0.2, 0.25) is 11.4 Å². The maximum absolute atomic E-state index is 14.1. The van der Waals surface area contributed by atoms with Crippen molar-refractivity contribution < 1.29 is 43.2 Å². The molecule has 9 nitrogen and oxygen atoms in total. The molecule has 10 heteroatoms. The molecule has 0 fully saturated rings. The minimum atomic E-state index is -1.96. The number of hydrogen-bond donors (Lipinski definition) is 1. The van der Waals surface area contributed by atoms with Crippen molar-refractivity contribution in [2.24, 2.45) is 5.92 Å². The molecule has 1 N–H and O–H groups in total. The summed E-state index contributed by atoms with van der Waals surface area (Å²) >= 11 is 6.52. The number of aliphatic hydroxyl groups is 1. The molecule has 3 atom stereocenters. The van der Waals surface area contributed by atoms with Crippen LogP contribution in [0, 0.1) is 5.92 Å². The molecule has 0 radical (unpaired) electrons. The van der Waals surface area contributed by atoms with Crippen molar-refractivity contribution in [1.82, 2.24) is 0 Å². The highest BCUT2D eigenvalue weighted by atomic mass is 35.5. The van der Waals surface area contributed by atoms with Crippen molar-refractivity contribution in [2.75, 3.05) is 27.9 Å². The van der Waals surface area contributed by atoms with Gasteiger partial charge in [-0.2, -0.15) is 0 Å². The van der Waals surface area contributed by atoms with Gasteiger partial charge < -0.3 is 28.8 Å². The normalized spacial score (nSPS) is 20.6. The number of hydrogen-bond acceptors (Lipinski definition) is 9. The highest BCUT2D eigenvalue weighted by Gasteiger charge is 2.61. The molecule has 1 spiro atoms. The first kappa shape index (κ1) is 29.0. The van der Waals surface area contributed by atoms with Crippen LogP contribution in [0.3, 0.4) is 0 Å². The summed E-state index contributed by atoms with van der Waals surface area (Å²) in [5, 5.41) is 11.8. The standard InChI is InChI=1S/C30H31ClO9/c1-15(2)14-39-18-9-7-17(8-10-18)19(12-23(33)38-6)24-20(32)11-16(3)30(28(24)34)29(35)25-21(36-4)13-22(37-5)26(31)27(25)40-30/h7-10,13,16,19,34H,1,11-12,14H2,2-6H3/t16-,19-,30+/m1/s1. The van der Waals surface area contributed by atoms with Gasteiger partial charge in [0.1, 0.15) is 34.4 Å². The number of allylic oxidation sites excluding steroid dienone is 1. The summed E-state index contributed by atoms with van der Waals surface area (Å²) in [6, 6.07) is 8.22. The van der Waals surface area contributed by atoms with E-state index in [-0.39, 0.29) is 46.2 Å². The third kappa shape index (κ3) is 4.79. The number of ketones is 2. The van der Waals surface area contributed by atoms with Gasteiger partial charge in [-0.1, -0.05) is 37.2 Å². The van der Waals surface area contributed by atoms with Crippen LogP contribution in [0.1, 0.15) is 48.5 Å². The molecule has 0 saturated carbocycles. The van der Waals surface area contributed by atoms with Crippen LogP contribution >= 0.6 is 11.6 Å². The van der Waals surface area contributed by atoms with Crippen molar-refractivity contribution in [2.45, 2.75) is 38.2 Å². The molecular formula is C30H31ClO9. The number of halogens is 1. The van der Waals surface area contributed by atoms with Crippen LogP contribution in [0.2, 0.25) is 5.02 Å². The first-order valence-electron chi connectivity index (χ1n) is 12.6. The van der Waals surface area contributed by atoms with E-state index in [9.17, 15) is 19.5 Å². The van der Waals surface area contributed by atoms with E-state index in [0.29, 0.717) is 17.9 Å². The number of aliphatic hydroxyl groups excluding tert-OH is 1. The van der Waals surface area contributed by atoms with Crippen molar-refractivity contribution in [3.8, 4) is 23.0 Å². The van der Waals surface area contributed by atoms with Crippen LogP contribution < -0.4 is 18.9 Å². The van der Waals surface area contributed by atoms with Crippen molar-refractivity contribution in [3.63, 3.8) is 0 Å². The Morgan fingerprint density at radius 2 is 1.82 bits per heavy atom. The van der Waals surface area contributed by atoms with E-state index in [2.05, 4.69) is 6.58 Å². The summed E-state index contributed by atoms with van der Waals surface area (Å²) in [5.74, 6) is -3.03. The second-order valence-electron chi connectivity index (χ2n) is 9.90. The highest BCUT2D eigenvalue weighted by Crippen LogP contribution is 2.55. The Morgan fingerprint density at radius 1 is 1.18 bits per heavy atom. The predicted octanol–water partition coefficient (Wildman–Crippen LogP) is 5.39. The molecule has 40 heavy (non-hydrogen) atoms. The highest BCUT2D eigenvalue weighted by molar-refractivity contribution is 6.35. The zero-order valence-electron chi connectivity index (χ0n) is 23.0. The molecule has 2 aromatic rings. The van der Waals surface area contributed by atoms with Crippen molar-refractivity contribution >= 4 is 29.1 Å². The number of ether oxygens (including phenoxy) is 5. The van der Waals surface area contributed by atoms with E-state index in [4.69, 9.17) is 35.3 Å². The zero-order chi connectivity index (χ0) is 29.4. The summed E-state index contributed by atoms with van der Waals surface area (Å²) < 4.78 is 27.5. The Balaban J connectivity index is 1.87. The first-order chi connectivity index (χ1) is 19.0. The number of benzene rings is 2. The minimum absolute atomic E-state index is 0.0153. The van der Waals surface area contributed by atoms with Crippen LogP contribution in [-0.2, 0) is 14.3 Å². The van der Waals surface area contributed by atoms with Gasteiger partial charge in [-0.15, -0.1) is 0 Å². The molecule has 0 amide bonds. The fraction of sp³-hybridized carbons (Fsp3) is 0.367. The number of carbonyl (C=O) groups is 3. The summed E-state index contributed by atoms with van der Waals surface area (Å²) in [7, 11) is 4.02.